The van der Waals surface area contributed by atoms with Crippen molar-refractivity contribution in [2.75, 3.05) is 180 Å². The predicted molar refractivity (Wildman–Crippen MR) is 603 cm³/mol. The molecule has 3 saturated carbocycles. The SMILES string of the molecule is CC(C)OC(C)C.CC(C)OC1CCC1.CC(C)OCC(C)(C)O.CC(C)OCC1CCC1.CC(C)OCC1CCCCC1.CC(C)OCCCO.CC(C)OC[C@@H](C)O.CC(O)COC(C)C.CCCCCCOC(C)C.CCCCCOC(C)C.CCCOC(C)C.CCCOCCOC(C)C.COCCCCOC(C)C.COCCCOC(C)C.COCCOC(C)C.COCCOCCOC(C)C. The summed E-state index contributed by atoms with van der Waals surface area (Å²) in [4.78, 5) is 0. The maximum absolute atomic E-state index is 9.14. The van der Waals surface area contributed by atoms with Crippen LogP contribution in [0.3, 0.4) is 0 Å². The first-order chi connectivity index (χ1) is 66.6. The zero-order valence-corrected chi connectivity index (χ0v) is 103. The summed E-state index contributed by atoms with van der Waals surface area (Å²) < 4.78 is 114. The van der Waals surface area contributed by atoms with E-state index in [1.807, 2.05) is 138 Å². The minimum absolute atomic E-state index is 0.205. The Balaban J connectivity index is -0.000000114. The van der Waals surface area contributed by atoms with Crippen LogP contribution in [0.15, 0.2) is 0 Å². The third kappa shape index (κ3) is 227. The fourth-order valence-electron chi connectivity index (χ4n) is 10.1. The predicted octanol–water partition coefficient (Wildman–Crippen LogP) is 27.2. The van der Waals surface area contributed by atoms with Gasteiger partial charge in [-0.3, -0.25) is 0 Å². The number of aliphatic hydroxyl groups is 4. The fourth-order valence-corrected chi connectivity index (χ4v) is 10.1. The molecule has 0 amide bonds. The van der Waals surface area contributed by atoms with Gasteiger partial charge in [0.1, 0.15) is 0 Å². The van der Waals surface area contributed by atoms with Crippen LogP contribution in [0.2, 0.25) is 0 Å². The van der Waals surface area contributed by atoms with Gasteiger partial charge in [-0.15, -0.1) is 0 Å². The van der Waals surface area contributed by atoms with Crippen molar-refractivity contribution in [2.24, 2.45) is 11.8 Å². The average Bonchev–Trinajstić information content (AvgIpc) is 0.907. The molecule has 142 heavy (non-hydrogen) atoms. The molecule has 0 radical (unpaired) electrons. The Hall–Kier alpha value is -1.04. The minimum atomic E-state index is -0.690. The Morgan fingerprint density at radius 3 is 0.754 bits per heavy atom. The van der Waals surface area contributed by atoms with Crippen molar-refractivity contribution in [3.63, 3.8) is 0 Å². The lowest BCUT2D eigenvalue weighted by Gasteiger charge is -2.27. The maximum atomic E-state index is 9.14. The molecule has 26 nitrogen and oxygen atoms in total. The van der Waals surface area contributed by atoms with E-state index in [1.165, 1.54) is 116 Å². The Kier molecular flexibility index (Phi) is 164. The van der Waals surface area contributed by atoms with Crippen LogP contribution in [0.25, 0.3) is 0 Å². The Morgan fingerprint density at radius 2 is 0.507 bits per heavy atom. The summed E-state index contributed by atoms with van der Waals surface area (Å²) in [5.74, 6) is 1.76. The molecule has 3 aliphatic rings. The van der Waals surface area contributed by atoms with Gasteiger partial charge < -0.3 is 125 Å². The normalized spacial score (nSPS) is 13.3. The summed E-state index contributed by atoms with van der Waals surface area (Å²) in [6, 6.07) is 0. The first kappa shape index (κ1) is 169. The Labute approximate surface area is 884 Å². The highest BCUT2D eigenvalue weighted by Gasteiger charge is 2.20. The van der Waals surface area contributed by atoms with Crippen molar-refractivity contribution in [3.05, 3.63) is 0 Å². The topological polar surface area (TPSA) is 284 Å². The molecule has 0 heterocycles. The third-order valence-corrected chi connectivity index (χ3v) is 17.5. The van der Waals surface area contributed by atoms with E-state index in [1.54, 1.807) is 56.1 Å². The van der Waals surface area contributed by atoms with Crippen molar-refractivity contribution in [1.82, 2.24) is 0 Å². The second-order valence-corrected chi connectivity index (χ2v) is 41.0. The summed E-state index contributed by atoms with van der Waals surface area (Å²) in [5.41, 5.74) is -0.690. The molecule has 3 aliphatic carbocycles. The molecule has 26 heteroatoms. The van der Waals surface area contributed by atoms with E-state index < -0.39 is 5.60 Å². The number of unbranched alkanes of at least 4 members (excludes halogenated alkanes) is 6. The average molecular weight is 2070 g/mol. The molecule has 1 unspecified atom stereocenters. The van der Waals surface area contributed by atoms with Crippen LogP contribution in [0.4, 0.5) is 0 Å². The van der Waals surface area contributed by atoms with Crippen LogP contribution in [0, 0.1) is 11.8 Å². The smallest absolute Gasteiger partial charge is 0.0824 e. The molecule has 2 atom stereocenters. The van der Waals surface area contributed by atoms with Gasteiger partial charge in [-0.05, 0) is 371 Å². The summed E-state index contributed by atoms with van der Waals surface area (Å²) in [5, 5.41) is 34.8. The van der Waals surface area contributed by atoms with Crippen LogP contribution in [0.1, 0.15) is 445 Å². The van der Waals surface area contributed by atoms with E-state index >= 15 is 0 Å². The third-order valence-electron chi connectivity index (χ3n) is 17.5. The van der Waals surface area contributed by atoms with Crippen LogP contribution in [-0.4, -0.2) is 329 Å². The molecule has 3 rings (SSSR count). The fraction of sp³-hybridized carbons (Fsp3) is 1.00. The van der Waals surface area contributed by atoms with Crippen molar-refractivity contribution < 1.29 is 125 Å². The van der Waals surface area contributed by atoms with E-state index in [0.717, 1.165) is 130 Å². The van der Waals surface area contributed by atoms with E-state index in [0.29, 0.717) is 158 Å². The zero-order chi connectivity index (χ0) is 112. The molecule has 0 aromatic heterocycles. The number of hydrogen-bond donors (Lipinski definition) is 4. The van der Waals surface area contributed by atoms with Crippen molar-refractivity contribution >= 4 is 0 Å². The van der Waals surface area contributed by atoms with Gasteiger partial charge in [0.2, 0.25) is 0 Å². The molecule has 0 aromatic rings. The highest BCUT2D eigenvalue weighted by atomic mass is 16.6. The lowest BCUT2D eigenvalue weighted by molar-refractivity contribution is -0.0423. The number of rotatable bonds is 65. The zero-order valence-electron chi connectivity index (χ0n) is 103. The molecule has 0 saturated heterocycles. The Bertz CT molecular complexity index is 1940. The number of ether oxygens (including phenoxy) is 22. The molecule has 878 valence electrons. The first-order valence-corrected chi connectivity index (χ1v) is 56.3. The second-order valence-electron chi connectivity index (χ2n) is 41.0. The summed E-state index contributed by atoms with van der Waals surface area (Å²) in [6.45, 7) is 101. The van der Waals surface area contributed by atoms with E-state index in [-0.39, 0.29) is 37.1 Å². The minimum Gasteiger partial charge on any atom is -0.396 e. The molecule has 3 fully saturated rings. The standard InChI is InChI=1S/C10H20O.C9H20O.C8H18O3.2C8H18O2.C8H16O.C8H18O.2C7H16O2.C7H14O.4C6H14O2.2C6H14O/c1-9(2)11-8-10-6-4-3-5-7-10;1-4-5-6-7-8-10-9(2)3;1-8(2)11-7-6-10-5-4-9-3;1-8(2)10-7-5-4-6-9-3;1-4-5-9-6-7-10-8(2)3;1-7(2)9-6-8-4-3-5-8;1-4-5-6-7-9-8(2)3;1-6(2)9-5-7(3,4)8;1-7(2)9-6-4-5-8-3;1-6(2)8-7-4-3-5-7;1-6(2)8-5-4-7-3;2*1-5(2)8-4-6(3)7;1-6(2)8-5-3-4-7;1-5(2)7-6(3)4;1-4-5-7-6(2)3/h9-10H,3-8H2,1-2H3;9H,4-8H2,1-3H3;8H,4-7H2,1-3H3;2*8H,4-7H2,1-3H3;7-8H,3-6H2,1-2H3;8H,4-7H2,1-3H3;6,8H,5H2,1-4H3;7H,4-6H2,1-3H3;6-7H,3-5H2,1-2H3;6H,4-5H2,1-3H3;2*5-7H,4H2,1-3H3;6-7H,3-5H2,1-2H3;5-6H,1-4H3;6H,4-5H2,1-3H3/t;;;;;;;;;;;6-;;;;/m...........1..../s1. The monoisotopic (exact) mass is 2070 g/mol. The van der Waals surface area contributed by atoms with Gasteiger partial charge in [0.05, 0.1) is 200 Å². The van der Waals surface area contributed by atoms with E-state index in [4.69, 9.17) is 125 Å². The van der Waals surface area contributed by atoms with E-state index in [2.05, 4.69) is 125 Å². The van der Waals surface area contributed by atoms with Gasteiger partial charge in [-0.2, -0.15) is 0 Å². The summed E-state index contributed by atoms with van der Waals surface area (Å²) >= 11 is 0. The molecule has 0 aromatic carbocycles. The van der Waals surface area contributed by atoms with Gasteiger partial charge in [0.25, 0.3) is 0 Å². The highest BCUT2D eigenvalue weighted by Crippen LogP contribution is 2.27. The molecule has 4 N–H and O–H groups in total. The van der Waals surface area contributed by atoms with Crippen LogP contribution in [-0.2, 0) is 104 Å². The van der Waals surface area contributed by atoms with Crippen LogP contribution < -0.4 is 0 Å². The Morgan fingerprint density at radius 1 is 0.239 bits per heavy atom. The van der Waals surface area contributed by atoms with Crippen molar-refractivity contribution in [2.45, 2.75) is 573 Å². The van der Waals surface area contributed by atoms with Gasteiger partial charge in [0.15, 0.2) is 0 Å². The summed E-state index contributed by atoms with van der Waals surface area (Å²) in [6.07, 6.45) is 36.2. The lowest BCUT2D eigenvalue weighted by atomic mass is 9.86. The second kappa shape index (κ2) is 138. The highest BCUT2D eigenvalue weighted by molar-refractivity contribution is 4.70. The molecule has 0 bridgehead atoms. The van der Waals surface area contributed by atoms with Gasteiger partial charge in [-0.25, -0.2) is 0 Å². The van der Waals surface area contributed by atoms with E-state index in [9.17, 15) is 0 Å². The molecule has 0 spiro atoms. The van der Waals surface area contributed by atoms with Gasteiger partial charge in [0, 0.05) is 108 Å². The molecule has 0 aliphatic heterocycles. The number of aliphatic hydroxyl groups excluding tert-OH is 3. The first-order valence-electron chi connectivity index (χ1n) is 56.3. The maximum Gasteiger partial charge on any atom is 0.0824 e. The quantitative estimate of drug-likeness (QED) is 0.0412. The van der Waals surface area contributed by atoms with Gasteiger partial charge >= 0.3 is 0 Å². The molecular formula is C116H258O26. The largest absolute Gasteiger partial charge is 0.396 e. The number of hydrogen-bond acceptors (Lipinski definition) is 26. The number of methoxy groups -OCH3 is 4. The van der Waals surface area contributed by atoms with Crippen LogP contribution in [0.5, 0.6) is 0 Å². The van der Waals surface area contributed by atoms with Gasteiger partial charge in [-0.1, -0.05) is 85.5 Å². The van der Waals surface area contributed by atoms with Crippen LogP contribution >= 0.6 is 0 Å². The van der Waals surface area contributed by atoms with Crippen molar-refractivity contribution in [1.29, 1.82) is 0 Å². The summed E-state index contributed by atoms with van der Waals surface area (Å²) in [7, 11) is 6.76. The van der Waals surface area contributed by atoms with Crippen molar-refractivity contribution in [3.8, 4) is 0 Å². The lowest BCUT2D eigenvalue weighted by Crippen LogP contribution is -2.27. The molecular weight excluding hydrogens is 1810 g/mol.